The van der Waals surface area contributed by atoms with Crippen molar-refractivity contribution in [3.05, 3.63) is 63.7 Å². The lowest BCUT2D eigenvalue weighted by molar-refractivity contribution is -0.116. The van der Waals surface area contributed by atoms with Gasteiger partial charge in [-0.15, -0.1) is 0 Å². The fourth-order valence-corrected chi connectivity index (χ4v) is 3.76. The number of amides is 1. The van der Waals surface area contributed by atoms with Gasteiger partial charge in [-0.05, 0) is 59.7 Å². The Balaban J connectivity index is 1.85. The van der Waals surface area contributed by atoms with Crippen molar-refractivity contribution in [2.24, 2.45) is 0 Å². The summed E-state index contributed by atoms with van der Waals surface area (Å²) in [6.45, 7) is 0. The molecule has 106 valence electrons. The van der Waals surface area contributed by atoms with Gasteiger partial charge in [0.1, 0.15) is 0 Å². The van der Waals surface area contributed by atoms with E-state index in [0.717, 1.165) is 29.1 Å². The second-order valence-electron chi connectivity index (χ2n) is 5.92. The molecule has 2 aromatic rings. The zero-order valence-corrected chi connectivity index (χ0v) is 12.4. The number of nitrogens with one attached hydrogen (secondary N) is 1. The molecule has 2 nitrogen and oxygen atoms in total. The average molecular weight is 298 g/mol. The third-order valence-corrected chi connectivity index (χ3v) is 4.79. The van der Waals surface area contributed by atoms with E-state index in [4.69, 9.17) is 11.6 Å². The third kappa shape index (κ3) is 2.24. The standard InChI is InChI=1S/C18H16ClNO/c19-14-6-2-5-13(7-14)15-10-18(21)20-17-9-12-4-1-3-11(12)8-16(15)17/h2,5-9,15H,1,3-4,10H2,(H,20,21)/t15-/m1/s1. The smallest absolute Gasteiger partial charge is 0.225 e. The second kappa shape index (κ2) is 4.88. The molecule has 1 heterocycles. The van der Waals surface area contributed by atoms with Crippen LogP contribution in [0.5, 0.6) is 0 Å². The van der Waals surface area contributed by atoms with Crippen LogP contribution in [0.3, 0.4) is 0 Å². The van der Waals surface area contributed by atoms with Gasteiger partial charge in [-0.25, -0.2) is 0 Å². The molecule has 4 rings (SSSR count). The maximum Gasteiger partial charge on any atom is 0.225 e. The van der Waals surface area contributed by atoms with Crippen LogP contribution < -0.4 is 5.32 Å². The minimum atomic E-state index is 0.0884. The molecule has 2 aliphatic rings. The number of rotatable bonds is 1. The van der Waals surface area contributed by atoms with Gasteiger partial charge in [0, 0.05) is 23.0 Å². The van der Waals surface area contributed by atoms with E-state index in [1.54, 1.807) is 0 Å². The van der Waals surface area contributed by atoms with Crippen molar-refractivity contribution in [3.63, 3.8) is 0 Å². The Morgan fingerprint density at radius 3 is 2.71 bits per heavy atom. The van der Waals surface area contributed by atoms with Crippen LogP contribution in [0.2, 0.25) is 5.02 Å². The van der Waals surface area contributed by atoms with Gasteiger partial charge < -0.3 is 5.32 Å². The highest BCUT2D eigenvalue weighted by atomic mass is 35.5. The van der Waals surface area contributed by atoms with Gasteiger partial charge in [0.05, 0.1) is 0 Å². The van der Waals surface area contributed by atoms with Gasteiger partial charge in [-0.3, -0.25) is 4.79 Å². The highest BCUT2D eigenvalue weighted by Gasteiger charge is 2.28. The molecular weight excluding hydrogens is 282 g/mol. The van der Waals surface area contributed by atoms with Crippen LogP contribution in [0.25, 0.3) is 0 Å². The molecule has 1 aliphatic carbocycles. The molecule has 0 aromatic heterocycles. The Labute approximate surface area is 129 Å². The van der Waals surface area contributed by atoms with Crippen LogP contribution in [0.15, 0.2) is 36.4 Å². The second-order valence-corrected chi connectivity index (χ2v) is 6.36. The number of hydrogen-bond donors (Lipinski definition) is 1. The Kier molecular flexibility index (Phi) is 3.00. The molecule has 0 fully saturated rings. The fourth-order valence-electron chi connectivity index (χ4n) is 3.56. The molecule has 0 radical (unpaired) electrons. The predicted octanol–water partition coefficient (Wildman–Crippen LogP) is 4.30. The highest BCUT2D eigenvalue weighted by molar-refractivity contribution is 6.30. The molecule has 0 spiro atoms. The summed E-state index contributed by atoms with van der Waals surface area (Å²) in [5.41, 5.74) is 6.17. The van der Waals surface area contributed by atoms with E-state index >= 15 is 0 Å². The minimum absolute atomic E-state index is 0.0884. The Morgan fingerprint density at radius 1 is 1.10 bits per heavy atom. The van der Waals surface area contributed by atoms with Crippen molar-refractivity contribution >= 4 is 23.2 Å². The predicted molar refractivity (Wildman–Crippen MR) is 85.0 cm³/mol. The number of halogens is 1. The topological polar surface area (TPSA) is 29.1 Å². The van der Waals surface area contributed by atoms with Crippen molar-refractivity contribution < 1.29 is 4.79 Å². The van der Waals surface area contributed by atoms with Crippen LogP contribution in [0, 0.1) is 0 Å². The quantitative estimate of drug-likeness (QED) is 0.835. The van der Waals surface area contributed by atoms with Gasteiger partial charge in [-0.2, -0.15) is 0 Å². The number of anilines is 1. The van der Waals surface area contributed by atoms with Crippen molar-refractivity contribution in [2.75, 3.05) is 5.32 Å². The molecule has 1 aliphatic heterocycles. The Bertz CT molecular complexity index is 738. The van der Waals surface area contributed by atoms with Gasteiger partial charge in [0.15, 0.2) is 0 Å². The lowest BCUT2D eigenvalue weighted by Crippen LogP contribution is -2.23. The van der Waals surface area contributed by atoms with Crippen molar-refractivity contribution in [3.8, 4) is 0 Å². The van der Waals surface area contributed by atoms with Crippen molar-refractivity contribution in [2.45, 2.75) is 31.6 Å². The minimum Gasteiger partial charge on any atom is -0.326 e. The van der Waals surface area contributed by atoms with Crippen LogP contribution >= 0.6 is 11.6 Å². The molecule has 2 aromatic carbocycles. The largest absolute Gasteiger partial charge is 0.326 e. The number of fused-ring (bicyclic) bond motifs is 2. The van der Waals surface area contributed by atoms with Gasteiger partial charge in [0.2, 0.25) is 5.91 Å². The van der Waals surface area contributed by atoms with Gasteiger partial charge in [0.25, 0.3) is 0 Å². The molecule has 1 N–H and O–H groups in total. The van der Waals surface area contributed by atoms with Crippen molar-refractivity contribution in [1.82, 2.24) is 0 Å². The summed E-state index contributed by atoms with van der Waals surface area (Å²) in [6, 6.07) is 12.3. The summed E-state index contributed by atoms with van der Waals surface area (Å²) in [6.07, 6.45) is 3.99. The lowest BCUT2D eigenvalue weighted by Gasteiger charge is -2.27. The van der Waals surface area contributed by atoms with Crippen molar-refractivity contribution in [1.29, 1.82) is 0 Å². The maximum absolute atomic E-state index is 12.1. The molecule has 1 amide bonds. The monoisotopic (exact) mass is 297 g/mol. The third-order valence-electron chi connectivity index (χ3n) is 4.55. The molecule has 21 heavy (non-hydrogen) atoms. The molecule has 3 heteroatoms. The van der Waals surface area contributed by atoms with E-state index in [1.807, 2.05) is 18.2 Å². The van der Waals surface area contributed by atoms with Crippen LogP contribution in [0.1, 0.15) is 41.0 Å². The zero-order chi connectivity index (χ0) is 14.4. The van der Waals surface area contributed by atoms with E-state index in [2.05, 4.69) is 23.5 Å². The van der Waals surface area contributed by atoms with Gasteiger partial charge >= 0.3 is 0 Å². The maximum atomic E-state index is 12.1. The Morgan fingerprint density at radius 2 is 1.90 bits per heavy atom. The lowest BCUT2D eigenvalue weighted by atomic mass is 9.83. The van der Waals surface area contributed by atoms with Crippen LogP contribution in [-0.2, 0) is 17.6 Å². The number of benzene rings is 2. The molecule has 0 saturated heterocycles. The van der Waals surface area contributed by atoms with E-state index in [9.17, 15) is 4.79 Å². The molecule has 0 bridgehead atoms. The number of carbonyl (C=O) groups excluding carboxylic acids is 1. The summed E-state index contributed by atoms with van der Waals surface area (Å²) >= 11 is 6.12. The summed E-state index contributed by atoms with van der Waals surface area (Å²) in [4.78, 5) is 12.1. The molecule has 1 atom stereocenters. The van der Waals surface area contributed by atoms with E-state index in [1.165, 1.54) is 23.1 Å². The van der Waals surface area contributed by atoms with Gasteiger partial charge in [-0.1, -0.05) is 29.8 Å². The SMILES string of the molecule is O=C1C[C@H](c2cccc(Cl)c2)c2cc3c(cc2N1)CCC3. The first kappa shape index (κ1) is 12.9. The Hall–Kier alpha value is -1.80. The first-order valence-electron chi connectivity index (χ1n) is 7.42. The molecular formula is C18H16ClNO. The van der Waals surface area contributed by atoms with E-state index in [0.29, 0.717) is 6.42 Å². The number of carbonyl (C=O) groups is 1. The fraction of sp³-hybridized carbons (Fsp3) is 0.278. The molecule has 0 saturated carbocycles. The highest BCUT2D eigenvalue weighted by Crippen LogP contribution is 2.40. The number of aryl methyl sites for hydroxylation is 2. The normalized spacial score (nSPS) is 19.9. The van der Waals surface area contributed by atoms with Crippen LogP contribution in [0.4, 0.5) is 5.69 Å². The van der Waals surface area contributed by atoms with Crippen LogP contribution in [-0.4, -0.2) is 5.91 Å². The molecule has 0 unspecified atom stereocenters. The summed E-state index contributed by atoms with van der Waals surface area (Å²) in [7, 11) is 0. The first-order chi connectivity index (χ1) is 10.2. The van der Waals surface area contributed by atoms with E-state index < -0.39 is 0 Å². The summed E-state index contributed by atoms with van der Waals surface area (Å²) < 4.78 is 0. The summed E-state index contributed by atoms with van der Waals surface area (Å²) in [5, 5.41) is 3.76. The average Bonchev–Trinajstić information content (AvgIpc) is 2.91. The number of hydrogen-bond acceptors (Lipinski definition) is 1. The first-order valence-corrected chi connectivity index (χ1v) is 7.79. The van der Waals surface area contributed by atoms with E-state index in [-0.39, 0.29) is 11.8 Å². The summed E-state index contributed by atoms with van der Waals surface area (Å²) in [5.74, 6) is 0.198. The zero-order valence-electron chi connectivity index (χ0n) is 11.7.